The molecular weight excluding hydrogens is 821 g/mol. The molecule has 4 N–H and O–H groups in total. The van der Waals surface area contributed by atoms with Crippen LogP contribution in [0.1, 0.15) is 65.2 Å². The number of rotatable bonds is 6. The Bertz CT molecular complexity index is 2520. The maximum Gasteiger partial charge on any atom is 0.306 e. The first-order valence-corrected chi connectivity index (χ1v) is 23.1. The third-order valence-corrected chi connectivity index (χ3v) is 13.3. The standard InChI is InChI=1S/C25H29N5O2.C18H19N5.C7H12O3/c1-17-16-29(25(32)19-7-9-20(31)10-8-19)13-14-30(17)24-22-15-26-12-11-21(22)23(27-28-24)18-5-3-2-4-6-18;1-13-11-20-9-10-23(13)18-16-12-19-8-7-15(16)17(21-22-18)14-5-3-2-4-6-14;8-6-3-1-5(2-4-6)7(9)10/h2-6,11-12,15,17,19-20,31H,7-10,13-14,16H2,1H3;2-8,12-13,20H,9-11H2,1H3;5-6,8H,1-4H2,(H,9,10)/t17-,19?,20?;13-;/m11./s1. The number of benzene rings is 2. The summed E-state index contributed by atoms with van der Waals surface area (Å²) in [4.78, 5) is 38.7. The molecule has 6 heterocycles. The lowest BCUT2D eigenvalue weighted by atomic mass is 9.86. The highest BCUT2D eigenvalue weighted by Crippen LogP contribution is 2.34. The van der Waals surface area contributed by atoms with Crippen molar-refractivity contribution in [2.45, 2.75) is 89.5 Å². The quantitative estimate of drug-likeness (QED) is 0.144. The first-order chi connectivity index (χ1) is 31.7. The number of carbonyl (C=O) groups excluding carboxylic acids is 1. The SMILES string of the molecule is C[C@@H]1CN(C(=O)C2CCC(O)CC2)CCN1c1nnc(-c2ccccc2)c2ccncc12.C[C@@H]1CNCCN1c1nnc(-c2ccccc2)c2ccncc12.O=C(O)C1CCC(O)CC1. The topological polar surface area (TPSA) is 194 Å². The number of amides is 1. The second-order valence-electron chi connectivity index (χ2n) is 17.7. The monoisotopic (exact) mass is 880 g/mol. The van der Waals surface area contributed by atoms with Gasteiger partial charge in [-0.05, 0) is 77.3 Å². The molecular formula is C50H60N10O5. The van der Waals surface area contributed by atoms with Crippen LogP contribution in [0, 0.1) is 11.8 Å². The lowest BCUT2D eigenvalue weighted by Crippen LogP contribution is -2.55. The molecule has 15 heteroatoms. The first kappa shape index (κ1) is 45.4. The number of anilines is 2. The van der Waals surface area contributed by atoms with Gasteiger partial charge in [-0.25, -0.2) is 0 Å². The van der Waals surface area contributed by atoms with Crippen molar-refractivity contribution in [3.63, 3.8) is 0 Å². The van der Waals surface area contributed by atoms with Gasteiger partial charge in [0.25, 0.3) is 0 Å². The van der Waals surface area contributed by atoms with E-state index >= 15 is 0 Å². The Labute approximate surface area is 380 Å². The number of carboxylic acid groups (broad SMARTS) is 1. The summed E-state index contributed by atoms with van der Waals surface area (Å²) < 4.78 is 0. The average molecular weight is 881 g/mol. The summed E-state index contributed by atoms with van der Waals surface area (Å²) in [5.74, 6) is 1.12. The fourth-order valence-electron chi connectivity index (χ4n) is 9.54. The van der Waals surface area contributed by atoms with Gasteiger partial charge in [0.15, 0.2) is 11.6 Å². The Balaban J connectivity index is 0.000000151. The van der Waals surface area contributed by atoms with Crippen LogP contribution in [0.15, 0.2) is 97.6 Å². The molecule has 2 aliphatic carbocycles. The third kappa shape index (κ3) is 10.7. The van der Waals surface area contributed by atoms with Gasteiger partial charge in [-0.1, -0.05) is 60.7 Å². The van der Waals surface area contributed by atoms with Gasteiger partial charge in [-0.2, -0.15) is 0 Å². The molecule has 10 rings (SSSR count). The van der Waals surface area contributed by atoms with Crippen LogP contribution in [0.5, 0.6) is 0 Å². The van der Waals surface area contributed by atoms with Gasteiger partial charge in [0, 0.05) is 115 Å². The van der Waals surface area contributed by atoms with E-state index in [9.17, 15) is 14.7 Å². The summed E-state index contributed by atoms with van der Waals surface area (Å²) in [6, 6.07) is 24.8. The second-order valence-corrected chi connectivity index (χ2v) is 17.7. The van der Waals surface area contributed by atoms with Crippen LogP contribution >= 0.6 is 0 Å². The van der Waals surface area contributed by atoms with Crippen molar-refractivity contribution in [1.82, 2.24) is 40.6 Å². The lowest BCUT2D eigenvalue weighted by molar-refractivity contribution is -0.143. The number of carbonyl (C=O) groups is 2. The molecule has 2 aliphatic heterocycles. The van der Waals surface area contributed by atoms with Crippen LogP contribution < -0.4 is 15.1 Å². The molecule has 0 radical (unpaired) electrons. The summed E-state index contributed by atoms with van der Waals surface area (Å²) >= 11 is 0. The number of hydrogen-bond donors (Lipinski definition) is 4. The number of nitrogens with zero attached hydrogens (tertiary/aromatic N) is 9. The predicted octanol–water partition coefficient (Wildman–Crippen LogP) is 6.39. The Morgan fingerprint density at radius 3 is 1.55 bits per heavy atom. The van der Waals surface area contributed by atoms with Crippen LogP contribution in [0.3, 0.4) is 0 Å². The molecule has 0 bridgehead atoms. The fourth-order valence-corrected chi connectivity index (χ4v) is 9.54. The van der Waals surface area contributed by atoms with Crippen LogP contribution in [-0.4, -0.2) is 126 Å². The Morgan fingerprint density at radius 1 is 0.585 bits per heavy atom. The highest BCUT2D eigenvalue weighted by atomic mass is 16.4. The number of fused-ring (bicyclic) bond motifs is 2. The minimum atomic E-state index is -0.716. The van der Waals surface area contributed by atoms with E-state index in [1.165, 1.54) is 0 Å². The lowest BCUT2D eigenvalue weighted by Gasteiger charge is -2.42. The molecule has 4 aromatic heterocycles. The van der Waals surface area contributed by atoms with E-state index in [2.05, 4.69) is 71.5 Å². The zero-order valence-electron chi connectivity index (χ0n) is 37.3. The Morgan fingerprint density at radius 2 is 1.08 bits per heavy atom. The summed E-state index contributed by atoms with van der Waals surface area (Å²) in [7, 11) is 0. The van der Waals surface area contributed by atoms with E-state index in [4.69, 9.17) is 10.2 Å². The summed E-state index contributed by atoms with van der Waals surface area (Å²) in [6.45, 7) is 9.27. The molecule has 4 fully saturated rings. The van der Waals surface area contributed by atoms with Crippen molar-refractivity contribution in [1.29, 1.82) is 0 Å². The van der Waals surface area contributed by atoms with Crippen LogP contribution in [0.25, 0.3) is 44.1 Å². The average Bonchev–Trinajstić information content (AvgIpc) is 3.35. The maximum absolute atomic E-state index is 13.1. The van der Waals surface area contributed by atoms with Gasteiger partial charge in [0.1, 0.15) is 11.4 Å². The zero-order chi connectivity index (χ0) is 45.3. The van der Waals surface area contributed by atoms with E-state index < -0.39 is 5.97 Å². The van der Waals surface area contributed by atoms with Crippen molar-refractivity contribution in [3.05, 3.63) is 97.6 Å². The number of nitrogens with one attached hydrogen (secondary N) is 1. The predicted molar refractivity (Wildman–Crippen MR) is 252 cm³/mol. The summed E-state index contributed by atoms with van der Waals surface area (Å²) in [5, 5.41) is 53.2. The van der Waals surface area contributed by atoms with Crippen molar-refractivity contribution in [2.24, 2.45) is 11.8 Å². The van der Waals surface area contributed by atoms with Gasteiger partial charge in [0.05, 0.1) is 18.1 Å². The first-order valence-electron chi connectivity index (χ1n) is 23.1. The molecule has 2 saturated heterocycles. The zero-order valence-corrected chi connectivity index (χ0v) is 37.3. The highest BCUT2D eigenvalue weighted by Gasteiger charge is 2.34. The van der Waals surface area contributed by atoms with Gasteiger partial charge < -0.3 is 35.3 Å². The smallest absolute Gasteiger partial charge is 0.306 e. The molecule has 65 heavy (non-hydrogen) atoms. The third-order valence-electron chi connectivity index (χ3n) is 13.3. The van der Waals surface area contributed by atoms with Crippen molar-refractivity contribution in [3.8, 4) is 22.5 Å². The van der Waals surface area contributed by atoms with Gasteiger partial charge >= 0.3 is 5.97 Å². The molecule has 15 nitrogen and oxygen atoms in total. The van der Waals surface area contributed by atoms with Crippen molar-refractivity contribution in [2.75, 3.05) is 49.1 Å². The summed E-state index contributed by atoms with van der Waals surface area (Å²) in [5.41, 5.74) is 3.88. The van der Waals surface area contributed by atoms with Crippen molar-refractivity contribution >= 4 is 45.1 Å². The molecule has 2 aromatic carbocycles. The number of aliphatic hydroxyl groups excluding tert-OH is 2. The molecule has 1 amide bonds. The number of pyridine rings is 2. The normalized spacial score (nSPS) is 23.5. The van der Waals surface area contributed by atoms with E-state index in [1.54, 1.807) is 6.20 Å². The van der Waals surface area contributed by atoms with E-state index in [-0.39, 0.29) is 36.0 Å². The maximum atomic E-state index is 13.1. The molecule has 2 atom stereocenters. The number of aliphatic hydroxyl groups is 2. The summed E-state index contributed by atoms with van der Waals surface area (Å²) in [6.07, 6.45) is 12.5. The number of hydrogen-bond acceptors (Lipinski definition) is 13. The van der Waals surface area contributed by atoms with Gasteiger partial charge in [-0.3, -0.25) is 19.6 Å². The van der Waals surface area contributed by atoms with E-state index in [0.29, 0.717) is 51.4 Å². The van der Waals surface area contributed by atoms with Gasteiger partial charge in [-0.15, -0.1) is 20.4 Å². The molecule has 4 aliphatic rings. The van der Waals surface area contributed by atoms with Crippen molar-refractivity contribution < 1.29 is 24.9 Å². The molecule has 0 spiro atoms. The fraction of sp³-hybridized carbons (Fsp3) is 0.440. The van der Waals surface area contributed by atoms with E-state index in [0.717, 1.165) is 101 Å². The van der Waals surface area contributed by atoms with Crippen LogP contribution in [-0.2, 0) is 9.59 Å². The highest BCUT2D eigenvalue weighted by molar-refractivity contribution is 6.01. The van der Waals surface area contributed by atoms with Crippen LogP contribution in [0.2, 0.25) is 0 Å². The Kier molecular flexibility index (Phi) is 14.8. The molecule has 0 unspecified atom stereocenters. The number of aliphatic carboxylic acids is 1. The largest absolute Gasteiger partial charge is 0.481 e. The minimum absolute atomic E-state index is 0.0483. The van der Waals surface area contributed by atoms with Crippen LogP contribution in [0.4, 0.5) is 11.6 Å². The molecule has 340 valence electrons. The van der Waals surface area contributed by atoms with E-state index in [1.807, 2.05) is 84.2 Å². The number of aromatic nitrogens is 6. The molecule has 2 saturated carbocycles. The second kappa shape index (κ2) is 21.2. The minimum Gasteiger partial charge on any atom is -0.481 e. The molecule has 6 aromatic rings. The van der Waals surface area contributed by atoms with Gasteiger partial charge in [0.2, 0.25) is 5.91 Å². The Hall–Kier alpha value is -6.16. The number of carboxylic acids is 1. The number of piperazine rings is 2.